The normalized spacial score (nSPS) is 12.7. The summed E-state index contributed by atoms with van der Waals surface area (Å²) < 4.78 is 50.8. The lowest BCUT2D eigenvalue weighted by atomic mass is 10.1. The zero-order valence-corrected chi connectivity index (χ0v) is 24.8. The molecule has 6 rings (SSSR count). The Morgan fingerprint density at radius 3 is 2.56 bits per heavy atom. The number of phenols is 1. The molecule has 5 aromatic rings. The third-order valence-electron chi connectivity index (χ3n) is 6.65. The minimum absolute atomic E-state index is 0.00394. The van der Waals surface area contributed by atoms with Crippen molar-refractivity contribution in [3.63, 3.8) is 0 Å². The fourth-order valence-electron chi connectivity index (χ4n) is 4.31. The summed E-state index contributed by atoms with van der Waals surface area (Å²) in [6.45, 7) is -0.154. The van der Waals surface area contributed by atoms with Crippen LogP contribution in [0.5, 0.6) is 17.2 Å². The second-order valence-corrected chi connectivity index (χ2v) is 9.96. The Morgan fingerprint density at radius 1 is 1.02 bits per heavy atom. The third-order valence-corrected chi connectivity index (χ3v) is 6.65. The summed E-state index contributed by atoms with van der Waals surface area (Å²) >= 11 is 0. The van der Waals surface area contributed by atoms with Crippen molar-refractivity contribution in [1.29, 1.82) is 0 Å². The molecule has 7 N–H and O–H groups in total. The van der Waals surface area contributed by atoms with Crippen molar-refractivity contribution in [2.45, 2.75) is 6.11 Å². The van der Waals surface area contributed by atoms with Crippen LogP contribution < -0.4 is 35.7 Å². The number of rotatable bonds is 8. The number of amides is 2. The number of alkyl halides is 2. The largest absolute Gasteiger partial charge is 0.506 e. The van der Waals surface area contributed by atoms with Gasteiger partial charge in [0.1, 0.15) is 28.9 Å². The van der Waals surface area contributed by atoms with Gasteiger partial charge in [-0.05, 0) is 46.8 Å². The summed E-state index contributed by atoms with van der Waals surface area (Å²) in [6, 6.07) is 20.8. The molecule has 0 aliphatic carbocycles. The number of carbonyl (C=O) groups excluding carboxylic acids is 2. The maximum Gasteiger partial charge on any atom is 0.482 e. The molecule has 0 saturated heterocycles. The lowest BCUT2D eigenvalue weighted by molar-refractivity contribution is -0.367. The molecule has 2 heterocycles. The van der Waals surface area contributed by atoms with Crippen molar-refractivity contribution in [3.8, 4) is 17.2 Å². The molecule has 0 saturated carbocycles. The Labute approximate surface area is 269 Å². The first kappa shape index (κ1) is 32.8. The number of nitrogens with one attached hydrogen (secondary N) is 5. The molecular formula is C32H26F3N6O7+. The van der Waals surface area contributed by atoms with Gasteiger partial charge in [0.2, 0.25) is 11.6 Å². The van der Waals surface area contributed by atoms with E-state index in [2.05, 4.69) is 30.7 Å². The monoisotopic (exact) mass is 663 g/mol. The van der Waals surface area contributed by atoms with Crippen LogP contribution in [0.1, 0.15) is 10.4 Å². The van der Waals surface area contributed by atoms with Crippen molar-refractivity contribution in [1.82, 2.24) is 10.3 Å². The molecule has 1 aromatic heterocycles. The van der Waals surface area contributed by atoms with Crippen molar-refractivity contribution in [3.05, 3.63) is 96.4 Å². The van der Waals surface area contributed by atoms with E-state index in [1.807, 2.05) is 17.4 Å². The van der Waals surface area contributed by atoms with Crippen LogP contribution in [0.15, 0.2) is 85.1 Å². The summed E-state index contributed by atoms with van der Waals surface area (Å²) in [5.74, 6) is -3.72. The van der Waals surface area contributed by atoms with Crippen molar-refractivity contribution >= 4 is 57.4 Å². The molecule has 0 bridgehead atoms. The van der Waals surface area contributed by atoms with Crippen molar-refractivity contribution in [2.24, 2.45) is 0 Å². The molecule has 0 spiro atoms. The van der Waals surface area contributed by atoms with E-state index in [0.29, 0.717) is 16.8 Å². The maximum absolute atomic E-state index is 14.3. The fraction of sp³-hybridized carbons (Fsp3) is 0.0938. The summed E-state index contributed by atoms with van der Waals surface area (Å²) in [6.07, 6.45) is -2.91. The molecule has 16 heteroatoms. The van der Waals surface area contributed by atoms with Crippen LogP contribution in [-0.4, -0.2) is 52.7 Å². The van der Waals surface area contributed by atoms with Crippen LogP contribution in [0.4, 0.5) is 42.0 Å². The molecule has 1 aliphatic heterocycles. The number of aromatic nitrogens is 2. The van der Waals surface area contributed by atoms with Crippen LogP contribution in [0.3, 0.4) is 0 Å². The highest BCUT2D eigenvalue weighted by Gasteiger charge is 2.46. The molecule has 4 aromatic carbocycles. The van der Waals surface area contributed by atoms with E-state index in [9.17, 15) is 32.7 Å². The Morgan fingerprint density at radius 2 is 1.79 bits per heavy atom. The minimum atomic E-state index is -3.98. The lowest BCUT2D eigenvalue weighted by Gasteiger charge is -2.25. The van der Waals surface area contributed by atoms with Gasteiger partial charge in [-0.25, -0.2) is 15.1 Å². The predicted molar refractivity (Wildman–Crippen MR) is 167 cm³/mol. The fourth-order valence-corrected chi connectivity index (χ4v) is 4.31. The smallest absolute Gasteiger partial charge is 0.482 e. The number of carboxylic acid groups (broad SMARTS) is 1. The average molecular weight is 664 g/mol. The number of nitrogens with zero attached hydrogens (tertiary/aromatic N) is 1. The number of likely N-dealkylation sites (N-methyl/N-ethyl adjacent to an activating group) is 1. The van der Waals surface area contributed by atoms with Crippen LogP contribution in [0, 0.1) is 5.82 Å². The van der Waals surface area contributed by atoms with E-state index in [4.69, 9.17) is 9.84 Å². The number of aromatic carboxylic acids is 1. The Hall–Kier alpha value is -6.58. The Bertz CT molecular complexity index is 2030. The van der Waals surface area contributed by atoms with Crippen LogP contribution in [0.2, 0.25) is 0 Å². The Kier molecular flexibility index (Phi) is 9.44. The standard InChI is InChI=1S/C21H17F3N6O4.C11H8O3/c1-25-17(31)10-33-13-4-2-3-11(7-13)28-20-26-9-14(22)18(30-20)27-12-5-6-16-15(8-12)29-19(32)21(23,24)34-16;12-10-8-4-2-1-3-7(8)5-6-9(10)11(13)14/h2-9H,10H2,1H3,(H,25,31)(H,29,32)(H2,26,27,28,30);1-6,12H,(H,13,14)/p+1. The molecule has 1 aliphatic rings. The zero-order valence-electron chi connectivity index (χ0n) is 24.8. The topological polar surface area (TPSA) is 185 Å². The van der Waals surface area contributed by atoms with Gasteiger partial charge in [0.25, 0.3) is 5.91 Å². The van der Waals surface area contributed by atoms with Crippen LogP contribution in [0.25, 0.3) is 10.8 Å². The maximum atomic E-state index is 14.3. The van der Waals surface area contributed by atoms with Gasteiger partial charge in [-0.15, -0.1) is 0 Å². The highest BCUT2D eigenvalue weighted by Crippen LogP contribution is 2.37. The summed E-state index contributed by atoms with van der Waals surface area (Å²) in [5.41, 5.74) is 0.741. The molecule has 0 atom stereocenters. The number of aromatic amines is 1. The molecule has 2 amide bonds. The number of carbonyl (C=O) groups is 3. The molecule has 246 valence electrons. The second-order valence-electron chi connectivity index (χ2n) is 9.96. The Balaban J connectivity index is 0.000000267. The first-order valence-corrected chi connectivity index (χ1v) is 14.0. The van der Waals surface area contributed by atoms with E-state index in [1.54, 1.807) is 42.5 Å². The highest BCUT2D eigenvalue weighted by molar-refractivity contribution is 6.00. The number of halogens is 3. The third kappa shape index (κ3) is 7.61. The summed E-state index contributed by atoms with van der Waals surface area (Å²) in [4.78, 5) is 40.2. The summed E-state index contributed by atoms with van der Waals surface area (Å²) in [7, 11) is 1.50. The van der Waals surface area contributed by atoms with Crippen molar-refractivity contribution < 1.29 is 52.2 Å². The van der Waals surface area contributed by atoms with Crippen LogP contribution in [-0.2, 0) is 9.59 Å². The van der Waals surface area contributed by atoms with E-state index < -0.39 is 23.8 Å². The number of carboxylic acids is 1. The summed E-state index contributed by atoms with van der Waals surface area (Å²) in [5, 5.41) is 30.0. The average Bonchev–Trinajstić information content (AvgIpc) is 3.06. The first-order valence-electron chi connectivity index (χ1n) is 14.0. The zero-order chi connectivity index (χ0) is 34.4. The number of hydrogen-bond acceptors (Lipinski definition) is 9. The van der Waals surface area contributed by atoms with Gasteiger partial charge < -0.3 is 35.6 Å². The van der Waals surface area contributed by atoms with Gasteiger partial charge in [0, 0.05) is 24.2 Å². The van der Waals surface area contributed by atoms with E-state index in [1.165, 1.54) is 31.3 Å². The second kappa shape index (κ2) is 13.8. The molecule has 13 nitrogen and oxygen atoms in total. The van der Waals surface area contributed by atoms with E-state index in [-0.39, 0.29) is 52.7 Å². The number of ether oxygens (including phenoxy) is 2. The van der Waals surface area contributed by atoms with Gasteiger partial charge in [-0.3, -0.25) is 9.59 Å². The number of benzene rings is 4. The van der Waals surface area contributed by atoms with E-state index in [0.717, 1.165) is 11.6 Å². The van der Waals surface area contributed by atoms with Gasteiger partial charge in [0.05, 0.1) is 5.69 Å². The number of aromatic hydroxyl groups is 1. The molecule has 48 heavy (non-hydrogen) atoms. The van der Waals surface area contributed by atoms with Gasteiger partial charge >= 0.3 is 23.9 Å². The SMILES string of the molecule is CNC(=O)COc1cccc(Nc2nc(Nc3ccc4c(c3)NC(=O)C(F)(F)O4)c(F)c[nH+]2)c1.O=C(O)c1ccc2ccccc2c1O. The number of fused-ring (bicyclic) bond motifs is 2. The first-order chi connectivity index (χ1) is 22.9. The molecule has 0 radical (unpaired) electrons. The molecular weight excluding hydrogens is 637 g/mol. The number of H-pyrrole nitrogens is 1. The van der Waals surface area contributed by atoms with Crippen molar-refractivity contribution in [2.75, 3.05) is 29.6 Å². The predicted octanol–water partition coefficient (Wildman–Crippen LogP) is 4.81. The van der Waals surface area contributed by atoms with Gasteiger partial charge in [0.15, 0.2) is 12.4 Å². The van der Waals surface area contributed by atoms with Gasteiger partial charge in [-0.1, -0.05) is 36.4 Å². The molecule has 0 unspecified atom stereocenters. The minimum Gasteiger partial charge on any atom is -0.506 e. The number of anilines is 5. The van der Waals surface area contributed by atoms with E-state index >= 15 is 0 Å². The quantitative estimate of drug-likeness (QED) is 0.135. The lowest BCUT2D eigenvalue weighted by Crippen LogP contribution is -2.43. The van der Waals surface area contributed by atoms with Crippen LogP contribution >= 0.6 is 0 Å². The molecule has 0 fully saturated rings. The highest BCUT2D eigenvalue weighted by atomic mass is 19.3. The number of hydrogen-bond donors (Lipinski definition) is 6. The van der Waals surface area contributed by atoms with Gasteiger partial charge in [-0.2, -0.15) is 13.2 Å².